The summed E-state index contributed by atoms with van der Waals surface area (Å²) >= 11 is 0. The fraction of sp³-hybridized carbons (Fsp3) is 0.643. The summed E-state index contributed by atoms with van der Waals surface area (Å²) in [6.07, 6.45) is 9.66. The number of urea groups is 1. The molecule has 9 heteroatoms. The van der Waals surface area contributed by atoms with Gasteiger partial charge in [0, 0.05) is 43.8 Å². The summed E-state index contributed by atoms with van der Waals surface area (Å²) in [5, 5.41) is 3.03. The number of amides is 3. The number of rotatable bonds is 13. The zero-order valence-electron chi connectivity index (χ0n) is 32.4. The maximum Gasteiger partial charge on any atom is 0.410 e. The van der Waals surface area contributed by atoms with Crippen molar-refractivity contribution in [3.8, 4) is 0 Å². The number of fused-ring (bicyclic) bond motifs is 1. The first-order chi connectivity index (χ1) is 24.7. The number of benzene rings is 2. The van der Waals surface area contributed by atoms with Crippen molar-refractivity contribution in [2.45, 2.75) is 123 Å². The molecule has 1 N–H and O–H groups in total. The fourth-order valence-electron chi connectivity index (χ4n) is 7.84. The van der Waals surface area contributed by atoms with Gasteiger partial charge in [-0.3, -0.25) is 4.79 Å². The zero-order valence-corrected chi connectivity index (χ0v) is 32.4. The molecule has 0 radical (unpaired) electrons. The summed E-state index contributed by atoms with van der Waals surface area (Å²) in [7, 11) is 2.24. The van der Waals surface area contributed by atoms with Gasteiger partial charge in [-0.1, -0.05) is 70.5 Å². The van der Waals surface area contributed by atoms with E-state index in [9.17, 15) is 14.4 Å². The van der Waals surface area contributed by atoms with E-state index in [1.165, 1.54) is 69.9 Å². The van der Waals surface area contributed by atoms with E-state index in [2.05, 4.69) is 62.0 Å². The Morgan fingerprint density at radius 1 is 0.882 bits per heavy atom. The van der Waals surface area contributed by atoms with E-state index in [1.54, 1.807) is 4.90 Å². The molecule has 2 aromatic carbocycles. The van der Waals surface area contributed by atoms with Crippen molar-refractivity contribution in [2.24, 2.45) is 0 Å². The molecule has 1 atom stereocenters. The summed E-state index contributed by atoms with van der Waals surface area (Å²) in [6, 6.07) is 15.1. The molecule has 282 valence electrons. The molecular weight excluding hydrogens is 638 g/mol. The topological polar surface area (TPSA) is 85.4 Å². The number of nitrogens with zero attached hydrogens (tertiary/aromatic N) is 4. The van der Waals surface area contributed by atoms with Crippen LogP contribution in [0.3, 0.4) is 0 Å². The van der Waals surface area contributed by atoms with Crippen molar-refractivity contribution < 1.29 is 19.1 Å². The van der Waals surface area contributed by atoms with Crippen LogP contribution in [-0.4, -0.2) is 109 Å². The number of piperidine rings is 2. The van der Waals surface area contributed by atoms with Gasteiger partial charge in [0.05, 0.1) is 0 Å². The summed E-state index contributed by atoms with van der Waals surface area (Å²) in [5.74, 6) is -0.152. The Bertz CT molecular complexity index is 1390. The average Bonchev–Trinajstić information content (AvgIpc) is 3.30. The third-order valence-corrected chi connectivity index (χ3v) is 10.8. The molecular formula is C42H65N5O4. The van der Waals surface area contributed by atoms with Crippen LogP contribution in [0.25, 0.3) is 0 Å². The van der Waals surface area contributed by atoms with Crippen LogP contribution in [0.15, 0.2) is 42.5 Å². The molecule has 51 heavy (non-hydrogen) atoms. The number of ketones is 1. The third kappa shape index (κ3) is 11.8. The molecule has 2 aromatic rings. The van der Waals surface area contributed by atoms with E-state index in [0.29, 0.717) is 38.9 Å². The SMILES string of the molecule is CCCN(CCC)C1CCN(C)CC1.CCCc1cc(C[C@@H](OC(=O)N2CCC(N3CCc4ccccc4NC3=O)CC2)C(C)=O)ccc1CC. The largest absolute Gasteiger partial charge is 0.438 e. The van der Waals surface area contributed by atoms with Crippen LogP contribution in [0.4, 0.5) is 15.3 Å². The summed E-state index contributed by atoms with van der Waals surface area (Å²) in [5.41, 5.74) is 5.66. The maximum absolute atomic E-state index is 13.0. The van der Waals surface area contributed by atoms with E-state index >= 15 is 0 Å². The standard InChI is InChI=1S/C30H39N3O4.C12H26N2/c1-4-8-25-19-22(11-12-23(25)5-2)20-28(21(3)34)37-30(36)32-16-14-26(15-17-32)33-18-13-24-9-6-7-10-27(24)31-29(33)35;1-4-8-14(9-5-2)12-6-10-13(3)11-7-12/h6-7,9-12,19,26,28H,4-5,8,13-18,20H2,1-3H3,(H,31,35);12H,4-11H2,1-3H3/t28-;/m1./s1. The number of hydrogen-bond donors (Lipinski definition) is 1. The Hall–Kier alpha value is -3.43. The van der Waals surface area contributed by atoms with Crippen molar-refractivity contribution in [3.63, 3.8) is 0 Å². The summed E-state index contributed by atoms with van der Waals surface area (Å²) < 4.78 is 5.72. The molecule has 0 saturated carbocycles. The number of para-hydroxylation sites is 1. The van der Waals surface area contributed by atoms with E-state index in [-0.39, 0.29) is 17.9 Å². The second-order valence-corrected chi connectivity index (χ2v) is 14.7. The zero-order chi connectivity index (χ0) is 36.8. The van der Waals surface area contributed by atoms with Gasteiger partial charge in [0.2, 0.25) is 0 Å². The molecule has 3 amide bonds. The second-order valence-electron chi connectivity index (χ2n) is 14.7. The van der Waals surface area contributed by atoms with Gasteiger partial charge in [-0.05, 0) is 126 Å². The Balaban J connectivity index is 0.000000349. The lowest BCUT2D eigenvalue weighted by molar-refractivity contribution is -0.125. The minimum atomic E-state index is -0.804. The van der Waals surface area contributed by atoms with Gasteiger partial charge in [0.1, 0.15) is 0 Å². The van der Waals surface area contributed by atoms with Crippen LogP contribution in [0.5, 0.6) is 0 Å². The molecule has 0 spiro atoms. The summed E-state index contributed by atoms with van der Waals surface area (Å²) in [4.78, 5) is 46.9. The Morgan fingerprint density at radius 3 is 2.20 bits per heavy atom. The van der Waals surface area contributed by atoms with Gasteiger partial charge < -0.3 is 29.7 Å². The molecule has 5 rings (SSSR count). The first kappa shape index (κ1) is 40.3. The van der Waals surface area contributed by atoms with Gasteiger partial charge in [-0.25, -0.2) is 9.59 Å². The average molecular weight is 704 g/mol. The second kappa shape index (κ2) is 20.6. The molecule has 9 nitrogen and oxygen atoms in total. The van der Waals surface area contributed by atoms with Crippen molar-refractivity contribution in [2.75, 3.05) is 58.2 Å². The van der Waals surface area contributed by atoms with Crippen molar-refractivity contribution in [1.29, 1.82) is 0 Å². The van der Waals surface area contributed by atoms with Crippen LogP contribution in [0.2, 0.25) is 0 Å². The first-order valence-corrected chi connectivity index (χ1v) is 19.8. The van der Waals surface area contributed by atoms with Crippen molar-refractivity contribution >= 4 is 23.6 Å². The number of anilines is 1. The number of carbonyl (C=O) groups excluding carboxylic acids is 3. The van der Waals surface area contributed by atoms with Gasteiger partial charge in [-0.15, -0.1) is 0 Å². The van der Waals surface area contributed by atoms with Crippen LogP contribution < -0.4 is 5.32 Å². The molecule has 0 aliphatic carbocycles. The number of aryl methyl sites for hydroxylation is 2. The van der Waals surface area contributed by atoms with Crippen molar-refractivity contribution in [3.05, 3.63) is 64.7 Å². The lowest BCUT2D eigenvalue weighted by Gasteiger charge is -2.37. The molecule has 3 heterocycles. The highest BCUT2D eigenvalue weighted by molar-refractivity contribution is 5.91. The maximum atomic E-state index is 13.0. The Kier molecular flexibility index (Phi) is 16.3. The number of hydrogen-bond acceptors (Lipinski definition) is 6. The lowest BCUT2D eigenvalue weighted by Crippen LogP contribution is -2.50. The van der Waals surface area contributed by atoms with E-state index in [4.69, 9.17) is 4.74 Å². The molecule has 3 aliphatic heterocycles. The Morgan fingerprint density at radius 2 is 1.57 bits per heavy atom. The minimum Gasteiger partial charge on any atom is -0.438 e. The molecule has 2 saturated heterocycles. The smallest absolute Gasteiger partial charge is 0.410 e. The van der Waals surface area contributed by atoms with E-state index < -0.39 is 12.2 Å². The van der Waals surface area contributed by atoms with Gasteiger partial charge >= 0.3 is 12.1 Å². The van der Waals surface area contributed by atoms with Gasteiger partial charge in [0.25, 0.3) is 0 Å². The third-order valence-electron chi connectivity index (χ3n) is 10.8. The highest BCUT2D eigenvalue weighted by atomic mass is 16.6. The first-order valence-electron chi connectivity index (χ1n) is 19.8. The number of Topliss-reactive ketones (excluding diaryl/α,β-unsaturated/α-hetero) is 1. The molecule has 0 unspecified atom stereocenters. The van der Waals surface area contributed by atoms with E-state index in [1.807, 2.05) is 35.2 Å². The molecule has 2 fully saturated rings. The van der Waals surface area contributed by atoms with Crippen LogP contribution in [-0.2, 0) is 35.2 Å². The predicted molar refractivity (Wildman–Crippen MR) is 208 cm³/mol. The fourth-order valence-corrected chi connectivity index (χ4v) is 7.84. The normalized spacial score (nSPS) is 18.0. The quantitative estimate of drug-likeness (QED) is 0.232. The predicted octanol–water partition coefficient (Wildman–Crippen LogP) is 7.60. The van der Waals surface area contributed by atoms with Crippen LogP contribution in [0.1, 0.15) is 102 Å². The lowest BCUT2D eigenvalue weighted by atomic mass is 9.95. The molecule has 3 aliphatic rings. The van der Waals surface area contributed by atoms with E-state index in [0.717, 1.165) is 48.5 Å². The van der Waals surface area contributed by atoms with Gasteiger partial charge in [-0.2, -0.15) is 0 Å². The van der Waals surface area contributed by atoms with Crippen LogP contribution >= 0.6 is 0 Å². The monoisotopic (exact) mass is 704 g/mol. The van der Waals surface area contributed by atoms with Gasteiger partial charge in [0.15, 0.2) is 11.9 Å². The minimum absolute atomic E-state index is 0.0658. The molecule has 0 bridgehead atoms. The number of ether oxygens (including phenoxy) is 1. The highest BCUT2D eigenvalue weighted by Gasteiger charge is 2.33. The summed E-state index contributed by atoms with van der Waals surface area (Å²) in [6.45, 7) is 17.2. The number of likely N-dealkylation sites (tertiary alicyclic amines) is 2. The number of nitrogens with one attached hydrogen (secondary N) is 1. The van der Waals surface area contributed by atoms with Crippen LogP contribution in [0, 0.1) is 0 Å². The molecule has 0 aromatic heterocycles. The number of carbonyl (C=O) groups is 3. The van der Waals surface area contributed by atoms with Crippen molar-refractivity contribution in [1.82, 2.24) is 19.6 Å². The Labute approximate surface area is 308 Å². The highest BCUT2D eigenvalue weighted by Crippen LogP contribution is 2.25.